The van der Waals surface area contributed by atoms with Gasteiger partial charge in [0.1, 0.15) is 6.33 Å². The molecule has 0 spiro atoms. The van der Waals surface area contributed by atoms with Gasteiger partial charge < -0.3 is 20.7 Å². The number of anilines is 2. The third kappa shape index (κ3) is 11.3. The monoisotopic (exact) mass is 661 g/mol. The largest absolute Gasteiger partial charge is 0.424 e. The van der Waals surface area contributed by atoms with Crippen molar-refractivity contribution >= 4 is 78.7 Å². The molecule has 1 aromatic heterocycles. The summed E-state index contributed by atoms with van der Waals surface area (Å²) in [4.78, 5) is 27.6. The molecule has 0 atom stereocenters. The number of hydrogen-bond donors (Lipinski definition) is 3. The van der Waals surface area contributed by atoms with E-state index in [1.807, 2.05) is 13.0 Å². The first-order valence-corrected chi connectivity index (χ1v) is 12.5. The van der Waals surface area contributed by atoms with Gasteiger partial charge in [-0.3, -0.25) is 9.89 Å². The topological polar surface area (TPSA) is 150 Å². The Morgan fingerprint density at radius 1 is 1.19 bits per heavy atom. The Bertz CT molecular complexity index is 1180. The van der Waals surface area contributed by atoms with Crippen LogP contribution in [0.3, 0.4) is 0 Å². The number of nitrogens with one attached hydrogen (secondary N) is 2. The van der Waals surface area contributed by atoms with Crippen LogP contribution in [0.4, 0.5) is 16.4 Å². The van der Waals surface area contributed by atoms with Crippen LogP contribution in [0.25, 0.3) is 0 Å². The summed E-state index contributed by atoms with van der Waals surface area (Å²) in [7, 11) is 3.32. The summed E-state index contributed by atoms with van der Waals surface area (Å²) in [5.74, 6) is 0.418. The lowest BCUT2D eigenvalue weighted by molar-refractivity contribution is -0.134. The molecule has 4 N–H and O–H groups in total. The second-order valence-electron chi connectivity index (χ2n) is 6.92. The van der Waals surface area contributed by atoms with Crippen molar-refractivity contribution < 1.29 is 14.3 Å². The second kappa shape index (κ2) is 16.0. The zero-order valence-electron chi connectivity index (χ0n) is 19.5. The highest BCUT2D eigenvalue weighted by atomic mass is 79.9. The smallest absolute Gasteiger partial charge is 0.321 e. The Balaban J connectivity index is 0.000000295. The van der Waals surface area contributed by atoms with Crippen LogP contribution in [0, 0.1) is 11.3 Å². The highest BCUT2D eigenvalue weighted by Gasteiger charge is 2.12. The number of carbonyl (C=O) groups excluding carboxylic acids is 2. The number of aromatic amines is 1. The van der Waals surface area contributed by atoms with Crippen molar-refractivity contribution in [2.45, 2.75) is 19.8 Å². The number of carbonyl (C=O) groups is 2. The van der Waals surface area contributed by atoms with E-state index in [4.69, 9.17) is 38.9 Å². The van der Waals surface area contributed by atoms with Gasteiger partial charge in [-0.25, -0.2) is 9.78 Å². The molecule has 36 heavy (non-hydrogen) atoms. The van der Waals surface area contributed by atoms with Gasteiger partial charge in [0.2, 0.25) is 5.95 Å². The normalized spacial score (nSPS) is 9.50. The van der Waals surface area contributed by atoms with Crippen LogP contribution in [-0.2, 0) is 4.79 Å². The molecule has 0 radical (unpaired) electrons. The number of H-pyrrole nitrogens is 1. The highest BCUT2D eigenvalue weighted by Crippen LogP contribution is 2.35. The van der Waals surface area contributed by atoms with Gasteiger partial charge in [-0.05, 0) is 68.6 Å². The summed E-state index contributed by atoms with van der Waals surface area (Å²) in [6.45, 7) is 1.91. The van der Waals surface area contributed by atoms with E-state index in [1.165, 1.54) is 11.2 Å². The molecule has 192 valence electrons. The lowest BCUT2D eigenvalue weighted by atomic mass is 10.2. The first-order chi connectivity index (χ1) is 17.0. The number of esters is 1. The fraction of sp³-hybridized carbons (Fsp3) is 0.227. The van der Waals surface area contributed by atoms with Crippen LogP contribution in [0.5, 0.6) is 5.75 Å². The number of halogens is 4. The van der Waals surface area contributed by atoms with Crippen molar-refractivity contribution in [3.63, 3.8) is 0 Å². The maximum atomic E-state index is 11.3. The van der Waals surface area contributed by atoms with Crippen LogP contribution in [0.2, 0.25) is 10.0 Å². The molecule has 0 unspecified atom stereocenters. The van der Waals surface area contributed by atoms with Crippen molar-refractivity contribution in [1.29, 1.82) is 5.26 Å². The van der Waals surface area contributed by atoms with Gasteiger partial charge in [0, 0.05) is 26.2 Å². The molecule has 0 aliphatic rings. The maximum Gasteiger partial charge on any atom is 0.321 e. The van der Waals surface area contributed by atoms with Crippen molar-refractivity contribution in [2.75, 3.05) is 25.1 Å². The summed E-state index contributed by atoms with van der Waals surface area (Å²) in [5, 5.41) is 18.2. The highest BCUT2D eigenvalue weighted by molar-refractivity contribution is 9.11. The van der Waals surface area contributed by atoms with E-state index in [0.29, 0.717) is 42.4 Å². The Kier molecular flexibility index (Phi) is 13.9. The maximum absolute atomic E-state index is 11.3. The van der Waals surface area contributed by atoms with E-state index in [9.17, 15) is 9.59 Å². The molecule has 0 fully saturated rings. The Labute approximate surface area is 235 Å². The van der Waals surface area contributed by atoms with Crippen LogP contribution in [0.1, 0.15) is 25.3 Å². The van der Waals surface area contributed by atoms with Crippen molar-refractivity contribution in [2.24, 2.45) is 0 Å². The lowest BCUT2D eigenvalue weighted by Crippen LogP contribution is -2.27. The molecule has 1 heterocycles. The molecule has 0 aliphatic heterocycles. The number of rotatable bonds is 4. The van der Waals surface area contributed by atoms with Crippen LogP contribution in [-0.4, -0.2) is 46.2 Å². The van der Waals surface area contributed by atoms with Crippen LogP contribution < -0.4 is 15.8 Å². The number of nitriles is 1. The first-order valence-electron chi connectivity index (χ1n) is 10.1. The van der Waals surface area contributed by atoms with Gasteiger partial charge in [-0.1, -0.05) is 30.1 Å². The lowest BCUT2D eigenvalue weighted by Gasteiger charge is -2.12. The van der Waals surface area contributed by atoms with E-state index in [1.54, 1.807) is 44.4 Å². The molecule has 2 amide bonds. The standard InChI is InChI=1S/C11H9Br2NO2.C9H10Cl2N2O.C2H4N4/c1-2-3-10(15)16-11-8(12)4-7(6-14)5-9(11)13;1-13(2)9(14)12-6-3-4-7(10)8(11)5-6;3-2-4-1-5-6-2/h4-5H,2-3H2,1H3;3-5H,1-2H3,(H,12,14);1H,(H3,3,4,5,6). The minimum Gasteiger partial charge on any atom is -0.424 e. The average Bonchev–Trinajstić information content (AvgIpc) is 3.30. The van der Waals surface area contributed by atoms with Crippen LogP contribution >= 0.6 is 55.1 Å². The number of amides is 2. The quantitative estimate of drug-likeness (QED) is 0.220. The van der Waals surface area contributed by atoms with Crippen LogP contribution in [0.15, 0.2) is 45.6 Å². The number of urea groups is 1. The molecule has 0 aliphatic carbocycles. The molecule has 14 heteroatoms. The average molecular weight is 664 g/mol. The van der Waals surface area contributed by atoms with Gasteiger partial charge in [-0.15, -0.1) is 5.10 Å². The Hall–Kier alpha value is -2.85. The summed E-state index contributed by atoms with van der Waals surface area (Å²) in [6, 6.07) is 9.96. The molecule has 3 aromatic rings. The van der Waals surface area contributed by atoms with Gasteiger partial charge in [0.15, 0.2) is 5.75 Å². The van der Waals surface area contributed by atoms with E-state index in [0.717, 1.165) is 6.42 Å². The molecule has 3 rings (SSSR count). The number of ether oxygens (including phenoxy) is 1. The summed E-state index contributed by atoms with van der Waals surface area (Å²) in [6.07, 6.45) is 2.54. The van der Waals surface area contributed by atoms with E-state index >= 15 is 0 Å². The molecule has 2 aromatic carbocycles. The molecule has 0 bridgehead atoms. The number of benzene rings is 2. The first kappa shape index (κ1) is 31.2. The summed E-state index contributed by atoms with van der Waals surface area (Å²) >= 11 is 18.0. The SMILES string of the molecule is CCCC(=O)Oc1c(Br)cc(C#N)cc1Br.CN(C)C(=O)Nc1ccc(Cl)c(Cl)c1.Nc1nc[nH]n1. The third-order valence-electron chi connectivity index (χ3n) is 3.81. The molecule has 0 saturated heterocycles. The second-order valence-corrected chi connectivity index (χ2v) is 9.44. The van der Waals surface area contributed by atoms with E-state index < -0.39 is 0 Å². The predicted molar refractivity (Wildman–Crippen MR) is 147 cm³/mol. The Morgan fingerprint density at radius 3 is 2.25 bits per heavy atom. The molecule has 10 nitrogen and oxygen atoms in total. The number of nitrogens with two attached hydrogens (primary N) is 1. The fourth-order valence-electron chi connectivity index (χ4n) is 2.12. The molecular formula is C22H23Br2Cl2N7O3. The zero-order chi connectivity index (χ0) is 27.3. The summed E-state index contributed by atoms with van der Waals surface area (Å²) < 4.78 is 6.35. The minimum atomic E-state index is -0.284. The Morgan fingerprint density at radius 2 is 1.83 bits per heavy atom. The summed E-state index contributed by atoms with van der Waals surface area (Å²) in [5.41, 5.74) is 6.14. The minimum absolute atomic E-state index is 0.205. The third-order valence-corrected chi connectivity index (χ3v) is 5.73. The van der Waals surface area contributed by atoms with Gasteiger partial charge in [0.25, 0.3) is 0 Å². The number of nitrogens with zero attached hydrogens (tertiary/aromatic N) is 4. The number of hydrogen-bond acceptors (Lipinski definition) is 7. The van der Waals surface area contributed by atoms with E-state index in [-0.39, 0.29) is 17.9 Å². The zero-order valence-corrected chi connectivity index (χ0v) is 24.2. The van der Waals surface area contributed by atoms with Gasteiger partial charge in [0.05, 0.1) is 30.6 Å². The number of aromatic nitrogens is 3. The predicted octanol–water partition coefficient (Wildman–Crippen LogP) is 6.26. The van der Waals surface area contributed by atoms with Gasteiger partial charge in [-0.2, -0.15) is 5.26 Å². The van der Waals surface area contributed by atoms with Gasteiger partial charge >= 0.3 is 12.0 Å². The molecule has 0 saturated carbocycles. The molecular weight excluding hydrogens is 641 g/mol. The fourth-order valence-corrected chi connectivity index (χ4v) is 3.77. The van der Waals surface area contributed by atoms with Crippen molar-refractivity contribution in [1.82, 2.24) is 20.1 Å². The van der Waals surface area contributed by atoms with Crippen molar-refractivity contribution in [3.05, 3.63) is 61.2 Å². The van der Waals surface area contributed by atoms with E-state index in [2.05, 4.69) is 52.4 Å². The number of nitrogen functional groups attached to an aromatic ring is 1. The van der Waals surface area contributed by atoms with Crippen molar-refractivity contribution in [3.8, 4) is 11.8 Å².